The molecule has 4 atom stereocenters. The maximum Gasteiger partial charge on any atom is 0.229 e. The quantitative estimate of drug-likeness (QED) is 0.283. The zero-order valence-electron chi connectivity index (χ0n) is 22.7. The van der Waals surface area contributed by atoms with Crippen molar-refractivity contribution in [1.29, 1.82) is 0 Å². The van der Waals surface area contributed by atoms with E-state index >= 15 is 0 Å². The van der Waals surface area contributed by atoms with Gasteiger partial charge in [0.1, 0.15) is 0 Å². The Morgan fingerprint density at radius 2 is 1.71 bits per heavy atom. The lowest BCUT2D eigenvalue weighted by atomic mass is 9.66. The van der Waals surface area contributed by atoms with Gasteiger partial charge in [-0.25, -0.2) is 8.42 Å². The SMILES string of the molecule is C=CC(=O)C[C@@]1(C)C[C@H](c2cccc(Cl)c2)[C@@H](c2ccc(Cl)cc2)N([C@H](CS(=O)(=O)C(C)C)C(C)C)C1=O. The van der Waals surface area contributed by atoms with Gasteiger partial charge in [0.2, 0.25) is 5.91 Å². The number of sulfone groups is 1. The van der Waals surface area contributed by atoms with E-state index in [4.69, 9.17) is 23.2 Å². The number of carbonyl (C=O) groups is 2. The predicted molar refractivity (Wildman–Crippen MR) is 155 cm³/mol. The largest absolute Gasteiger partial charge is 0.330 e. The molecule has 3 rings (SSSR count). The van der Waals surface area contributed by atoms with Gasteiger partial charge in [-0.15, -0.1) is 0 Å². The molecule has 0 radical (unpaired) electrons. The van der Waals surface area contributed by atoms with E-state index in [-0.39, 0.29) is 35.7 Å². The van der Waals surface area contributed by atoms with Gasteiger partial charge in [0, 0.05) is 28.4 Å². The van der Waals surface area contributed by atoms with E-state index < -0.39 is 32.6 Å². The summed E-state index contributed by atoms with van der Waals surface area (Å²) >= 11 is 12.6. The van der Waals surface area contributed by atoms with Crippen molar-refractivity contribution >= 4 is 44.7 Å². The summed E-state index contributed by atoms with van der Waals surface area (Å²) < 4.78 is 26.4. The lowest BCUT2D eigenvalue weighted by molar-refractivity contribution is -0.157. The van der Waals surface area contributed by atoms with E-state index in [9.17, 15) is 18.0 Å². The van der Waals surface area contributed by atoms with Gasteiger partial charge in [-0.05, 0) is 67.7 Å². The zero-order chi connectivity index (χ0) is 28.4. The number of ketones is 1. The third-order valence-electron chi connectivity index (χ3n) is 7.63. The minimum absolute atomic E-state index is 0.0159. The lowest BCUT2D eigenvalue weighted by Gasteiger charge is -2.53. The fourth-order valence-electron chi connectivity index (χ4n) is 5.39. The summed E-state index contributed by atoms with van der Waals surface area (Å²) in [6.45, 7) is 12.6. The molecule has 1 aliphatic heterocycles. The van der Waals surface area contributed by atoms with Crippen LogP contribution in [0.4, 0.5) is 0 Å². The van der Waals surface area contributed by atoms with Gasteiger partial charge < -0.3 is 4.90 Å². The number of rotatable bonds is 10. The van der Waals surface area contributed by atoms with Crippen molar-refractivity contribution in [2.75, 3.05) is 5.75 Å². The second-order valence-corrected chi connectivity index (χ2v) is 14.6. The summed E-state index contributed by atoms with van der Waals surface area (Å²) in [5, 5.41) is 0.536. The summed E-state index contributed by atoms with van der Waals surface area (Å²) in [5.74, 6) is -1.06. The second kappa shape index (κ2) is 11.9. The number of amides is 1. The van der Waals surface area contributed by atoms with Crippen LogP contribution in [0.3, 0.4) is 0 Å². The number of hydrogen-bond acceptors (Lipinski definition) is 4. The molecule has 1 amide bonds. The molecule has 1 heterocycles. The van der Waals surface area contributed by atoms with E-state index in [2.05, 4.69) is 6.58 Å². The van der Waals surface area contributed by atoms with Gasteiger partial charge >= 0.3 is 0 Å². The lowest BCUT2D eigenvalue weighted by Crippen LogP contribution is -2.59. The Morgan fingerprint density at radius 3 is 2.24 bits per heavy atom. The summed E-state index contributed by atoms with van der Waals surface area (Å²) in [5.41, 5.74) is 0.703. The number of halogens is 2. The van der Waals surface area contributed by atoms with Gasteiger partial charge in [-0.2, -0.15) is 0 Å². The molecule has 2 aromatic rings. The molecule has 8 heteroatoms. The highest BCUT2D eigenvalue weighted by Gasteiger charge is 2.53. The van der Waals surface area contributed by atoms with Crippen molar-refractivity contribution in [3.8, 4) is 0 Å². The van der Waals surface area contributed by atoms with Crippen LogP contribution in [0.5, 0.6) is 0 Å². The summed E-state index contributed by atoms with van der Waals surface area (Å²) in [4.78, 5) is 28.9. The monoisotopic (exact) mass is 577 g/mol. The van der Waals surface area contributed by atoms with E-state index in [1.165, 1.54) is 6.08 Å². The smallest absolute Gasteiger partial charge is 0.229 e. The number of carbonyl (C=O) groups excluding carboxylic acids is 2. The van der Waals surface area contributed by atoms with Crippen LogP contribution in [0.25, 0.3) is 0 Å². The molecule has 1 saturated heterocycles. The van der Waals surface area contributed by atoms with Crippen LogP contribution < -0.4 is 0 Å². The Labute approximate surface area is 237 Å². The standard InChI is InChI=1S/C30H37Cl2NO4S/c1-7-25(34)16-30(6)17-26(22-9-8-10-24(32)15-22)28(21-11-13-23(31)14-12-21)33(29(30)35)27(19(2)3)18-38(36,37)20(4)5/h7-15,19-20,26-28H,1,16-18H2,2-6H3/t26-,27-,28-,30+/m1/s1. The molecule has 0 aliphatic carbocycles. The third-order valence-corrected chi connectivity index (χ3v) is 10.4. The Hall–Kier alpha value is -2.15. The van der Waals surface area contributed by atoms with Crippen molar-refractivity contribution in [3.05, 3.63) is 82.4 Å². The number of piperidine rings is 1. The van der Waals surface area contributed by atoms with Gasteiger partial charge in [0.15, 0.2) is 15.6 Å². The van der Waals surface area contributed by atoms with Crippen molar-refractivity contribution in [3.63, 3.8) is 0 Å². The van der Waals surface area contributed by atoms with Gasteiger partial charge in [0.05, 0.1) is 22.5 Å². The first-order valence-electron chi connectivity index (χ1n) is 12.9. The molecular formula is C30H37Cl2NO4S. The molecule has 0 spiro atoms. The maximum atomic E-state index is 14.5. The maximum absolute atomic E-state index is 14.5. The first-order valence-corrected chi connectivity index (χ1v) is 15.4. The zero-order valence-corrected chi connectivity index (χ0v) is 25.0. The molecule has 5 nitrogen and oxygen atoms in total. The minimum atomic E-state index is -3.50. The fraction of sp³-hybridized carbons (Fsp3) is 0.467. The van der Waals surface area contributed by atoms with Crippen LogP contribution in [0.2, 0.25) is 10.0 Å². The topological polar surface area (TPSA) is 71.5 Å². The number of likely N-dealkylation sites (tertiary alicyclic amines) is 1. The molecule has 0 unspecified atom stereocenters. The predicted octanol–water partition coefficient (Wildman–Crippen LogP) is 7.05. The molecule has 0 aromatic heterocycles. The highest BCUT2D eigenvalue weighted by atomic mass is 35.5. The highest BCUT2D eigenvalue weighted by molar-refractivity contribution is 7.92. The van der Waals surface area contributed by atoms with Crippen LogP contribution in [0, 0.1) is 11.3 Å². The van der Waals surface area contributed by atoms with Crippen LogP contribution in [-0.4, -0.2) is 42.1 Å². The molecule has 206 valence electrons. The van der Waals surface area contributed by atoms with E-state index in [0.717, 1.165) is 11.1 Å². The molecule has 1 fully saturated rings. The van der Waals surface area contributed by atoms with Crippen molar-refractivity contribution in [2.24, 2.45) is 11.3 Å². The summed E-state index contributed by atoms with van der Waals surface area (Å²) in [7, 11) is -3.50. The first kappa shape index (κ1) is 30.4. The summed E-state index contributed by atoms with van der Waals surface area (Å²) in [6.07, 6.45) is 1.61. The average molecular weight is 579 g/mol. The van der Waals surface area contributed by atoms with Gasteiger partial charge in [0.25, 0.3) is 0 Å². The van der Waals surface area contributed by atoms with Crippen LogP contribution in [-0.2, 0) is 19.4 Å². The van der Waals surface area contributed by atoms with Crippen molar-refractivity contribution in [1.82, 2.24) is 4.90 Å². The molecular weight excluding hydrogens is 541 g/mol. The third kappa shape index (κ3) is 6.52. The molecule has 1 aliphatic rings. The number of benzene rings is 2. The van der Waals surface area contributed by atoms with Gasteiger partial charge in [-0.3, -0.25) is 9.59 Å². The molecule has 0 saturated carbocycles. The molecule has 2 aromatic carbocycles. The number of hydrogen-bond donors (Lipinski definition) is 0. The Kier molecular flexibility index (Phi) is 9.54. The fourth-order valence-corrected chi connectivity index (χ4v) is 7.12. The number of allylic oxidation sites excluding steroid dienone is 1. The molecule has 38 heavy (non-hydrogen) atoms. The van der Waals surface area contributed by atoms with E-state index in [1.54, 1.807) is 43.9 Å². The van der Waals surface area contributed by atoms with Crippen LogP contribution in [0.1, 0.15) is 70.5 Å². The van der Waals surface area contributed by atoms with Crippen molar-refractivity contribution in [2.45, 2.75) is 70.7 Å². The van der Waals surface area contributed by atoms with Crippen LogP contribution >= 0.6 is 23.2 Å². The Bertz CT molecular complexity index is 1290. The van der Waals surface area contributed by atoms with E-state index in [1.807, 2.05) is 44.2 Å². The van der Waals surface area contributed by atoms with Crippen LogP contribution in [0.15, 0.2) is 61.2 Å². The second-order valence-electron chi connectivity index (χ2n) is 11.2. The number of nitrogens with zero attached hydrogens (tertiary/aromatic N) is 1. The van der Waals surface area contributed by atoms with Crippen molar-refractivity contribution < 1.29 is 18.0 Å². The molecule has 0 bridgehead atoms. The first-order chi connectivity index (χ1) is 17.7. The summed E-state index contributed by atoms with van der Waals surface area (Å²) in [6, 6.07) is 13.7. The van der Waals surface area contributed by atoms with Gasteiger partial charge in [-0.1, -0.05) is 74.8 Å². The Morgan fingerprint density at radius 1 is 1.08 bits per heavy atom. The highest BCUT2D eigenvalue weighted by Crippen LogP contribution is 2.52. The van der Waals surface area contributed by atoms with E-state index in [0.29, 0.717) is 16.5 Å². The minimum Gasteiger partial charge on any atom is -0.330 e. The normalized spacial score (nSPS) is 23.1. The average Bonchev–Trinajstić information content (AvgIpc) is 2.84. The Balaban J connectivity index is 2.31. The molecule has 0 N–H and O–H groups in total.